The molecule has 0 aromatic rings. The first-order valence-corrected chi connectivity index (χ1v) is 3.47. The molecule has 0 aromatic carbocycles. The van der Waals surface area contributed by atoms with Gasteiger partial charge in [-0.05, 0) is 0 Å². The Morgan fingerprint density at radius 3 is 3.00 bits per heavy atom. The third kappa shape index (κ3) is 0.509. The molecule has 3 saturated heterocycles. The molecule has 1 N–H and O–H groups in total. The van der Waals surface area contributed by atoms with Crippen LogP contribution in [0.2, 0.25) is 0 Å². The van der Waals surface area contributed by atoms with Crippen molar-refractivity contribution in [1.82, 2.24) is 0 Å². The molecule has 0 amide bonds. The average Bonchev–Trinajstić information content (AvgIpc) is 2.61. The van der Waals surface area contributed by atoms with Gasteiger partial charge in [-0.15, -0.1) is 0 Å². The van der Waals surface area contributed by atoms with E-state index in [4.69, 9.17) is 14.2 Å². The van der Waals surface area contributed by atoms with Gasteiger partial charge in [0.2, 0.25) is 0 Å². The number of aliphatic hydroxyl groups excluding tert-OH is 1. The Labute approximate surface area is 57.7 Å². The number of ether oxygens (including phenoxy) is 3. The largest absolute Gasteiger partial charge is 0.387 e. The van der Waals surface area contributed by atoms with Gasteiger partial charge in [0.25, 0.3) is 0 Å². The maximum atomic E-state index is 9.38. The molecule has 0 radical (unpaired) electrons. The van der Waals surface area contributed by atoms with Crippen LogP contribution in [0.3, 0.4) is 0 Å². The second-order valence-electron chi connectivity index (χ2n) is 2.93. The van der Waals surface area contributed by atoms with Crippen molar-refractivity contribution in [2.45, 2.75) is 30.7 Å². The lowest BCUT2D eigenvalue weighted by atomic mass is 10.1. The zero-order valence-corrected chi connectivity index (χ0v) is 5.27. The molecular weight excluding hydrogens is 136 g/mol. The summed E-state index contributed by atoms with van der Waals surface area (Å²) in [4.78, 5) is 0. The average molecular weight is 144 g/mol. The van der Waals surface area contributed by atoms with Crippen LogP contribution < -0.4 is 0 Å². The Balaban J connectivity index is 1.91. The van der Waals surface area contributed by atoms with E-state index in [-0.39, 0.29) is 24.6 Å². The zero-order chi connectivity index (χ0) is 6.72. The van der Waals surface area contributed by atoms with Crippen LogP contribution in [-0.2, 0) is 14.2 Å². The van der Waals surface area contributed by atoms with Gasteiger partial charge in [0.15, 0.2) is 6.29 Å². The topological polar surface area (TPSA) is 51.2 Å². The fourth-order valence-corrected chi connectivity index (χ4v) is 1.63. The summed E-state index contributed by atoms with van der Waals surface area (Å²) in [6, 6.07) is 0. The Kier molecular flexibility index (Phi) is 0.840. The van der Waals surface area contributed by atoms with E-state index in [0.717, 1.165) is 0 Å². The van der Waals surface area contributed by atoms with Crippen LogP contribution in [0, 0.1) is 0 Å². The number of rotatable bonds is 0. The van der Waals surface area contributed by atoms with Crippen LogP contribution in [-0.4, -0.2) is 42.4 Å². The molecule has 10 heavy (non-hydrogen) atoms. The molecule has 3 heterocycles. The summed E-state index contributed by atoms with van der Waals surface area (Å²) in [6.45, 7) is 0.516. The van der Waals surface area contributed by atoms with E-state index in [9.17, 15) is 5.11 Å². The monoisotopic (exact) mass is 144 g/mol. The third-order valence-electron chi connectivity index (χ3n) is 2.28. The molecule has 3 aliphatic heterocycles. The predicted molar refractivity (Wildman–Crippen MR) is 29.3 cm³/mol. The van der Waals surface area contributed by atoms with Crippen LogP contribution in [0.1, 0.15) is 0 Å². The summed E-state index contributed by atoms with van der Waals surface area (Å²) in [5.74, 6) is 0. The normalized spacial score (nSPS) is 63.9. The first kappa shape index (κ1) is 5.49. The molecule has 5 atom stereocenters. The Bertz CT molecular complexity index is 169. The van der Waals surface area contributed by atoms with Gasteiger partial charge in [0, 0.05) is 0 Å². The van der Waals surface area contributed by atoms with Crippen molar-refractivity contribution >= 4 is 0 Å². The van der Waals surface area contributed by atoms with Gasteiger partial charge in [0.1, 0.15) is 24.4 Å². The van der Waals surface area contributed by atoms with Crippen molar-refractivity contribution in [3.05, 3.63) is 0 Å². The highest BCUT2D eigenvalue weighted by atomic mass is 16.8. The molecule has 2 unspecified atom stereocenters. The number of hydrogen-bond donors (Lipinski definition) is 1. The van der Waals surface area contributed by atoms with Crippen LogP contribution in [0.15, 0.2) is 0 Å². The summed E-state index contributed by atoms with van der Waals surface area (Å²) in [6.07, 6.45) is -0.809. The quantitative estimate of drug-likeness (QED) is 0.437. The Hall–Kier alpha value is -0.160. The maximum Gasteiger partial charge on any atom is 0.187 e. The van der Waals surface area contributed by atoms with Crippen LogP contribution in [0.4, 0.5) is 0 Å². The summed E-state index contributed by atoms with van der Waals surface area (Å²) >= 11 is 0. The molecular formula is C6H8O4. The lowest BCUT2D eigenvalue weighted by molar-refractivity contribution is -0.103. The highest BCUT2D eigenvalue weighted by molar-refractivity contribution is 5.03. The van der Waals surface area contributed by atoms with Gasteiger partial charge < -0.3 is 19.3 Å². The van der Waals surface area contributed by atoms with Crippen molar-refractivity contribution in [1.29, 1.82) is 0 Å². The van der Waals surface area contributed by atoms with Crippen molar-refractivity contribution in [3.8, 4) is 0 Å². The lowest BCUT2D eigenvalue weighted by Gasteiger charge is -2.18. The first-order valence-electron chi connectivity index (χ1n) is 3.47. The molecule has 3 aliphatic rings. The molecule has 0 spiro atoms. The molecule has 0 aliphatic carbocycles. The summed E-state index contributed by atoms with van der Waals surface area (Å²) < 4.78 is 15.6. The maximum absolute atomic E-state index is 9.38. The summed E-state index contributed by atoms with van der Waals surface area (Å²) in [5, 5.41) is 9.38. The number of epoxide rings is 1. The molecule has 3 fully saturated rings. The minimum Gasteiger partial charge on any atom is -0.387 e. The first-order chi connectivity index (χ1) is 4.86. The fourth-order valence-electron chi connectivity index (χ4n) is 1.63. The molecule has 3 rings (SSSR count). The van der Waals surface area contributed by atoms with Crippen molar-refractivity contribution in [2.24, 2.45) is 0 Å². The van der Waals surface area contributed by atoms with Crippen LogP contribution >= 0.6 is 0 Å². The highest BCUT2D eigenvalue weighted by Gasteiger charge is 2.61. The van der Waals surface area contributed by atoms with Gasteiger partial charge >= 0.3 is 0 Å². The number of aliphatic hydroxyl groups is 1. The second kappa shape index (κ2) is 1.53. The van der Waals surface area contributed by atoms with Crippen LogP contribution in [0.25, 0.3) is 0 Å². The predicted octanol–water partition coefficient (Wildman–Crippen LogP) is -1.13. The second-order valence-corrected chi connectivity index (χ2v) is 2.93. The molecule has 0 saturated carbocycles. The summed E-state index contributed by atoms with van der Waals surface area (Å²) in [7, 11) is 0. The van der Waals surface area contributed by atoms with Gasteiger partial charge in [-0.3, -0.25) is 0 Å². The number of hydrogen-bond acceptors (Lipinski definition) is 4. The molecule has 56 valence electrons. The van der Waals surface area contributed by atoms with Gasteiger partial charge in [-0.1, -0.05) is 0 Å². The minimum atomic E-state index is -0.469. The van der Waals surface area contributed by atoms with Gasteiger partial charge in [-0.2, -0.15) is 0 Å². The molecule has 0 aromatic heterocycles. The smallest absolute Gasteiger partial charge is 0.187 e. The van der Waals surface area contributed by atoms with E-state index < -0.39 is 6.10 Å². The standard InChI is InChI=1S/C6H8O4/c7-3-2-1-8-6(9-2)5-4(3)10-5/h2-7H,1H2/t2?,3-,4+,5?,6-/m1/s1. The van der Waals surface area contributed by atoms with E-state index in [1.165, 1.54) is 0 Å². The SMILES string of the molecule is O[C@@H]1C2CO[C@H](O2)C2O[C@H]21. The van der Waals surface area contributed by atoms with Crippen LogP contribution in [0.5, 0.6) is 0 Å². The van der Waals surface area contributed by atoms with Crippen molar-refractivity contribution in [2.75, 3.05) is 6.61 Å². The summed E-state index contributed by atoms with van der Waals surface area (Å²) in [5.41, 5.74) is 0. The Morgan fingerprint density at radius 1 is 1.20 bits per heavy atom. The van der Waals surface area contributed by atoms with E-state index in [2.05, 4.69) is 0 Å². The van der Waals surface area contributed by atoms with Gasteiger partial charge in [-0.25, -0.2) is 0 Å². The van der Waals surface area contributed by atoms with Crippen molar-refractivity contribution < 1.29 is 19.3 Å². The van der Waals surface area contributed by atoms with E-state index in [1.807, 2.05) is 0 Å². The molecule has 4 heteroatoms. The van der Waals surface area contributed by atoms with Gasteiger partial charge in [0.05, 0.1) is 6.61 Å². The highest BCUT2D eigenvalue weighted by Crippen LogP contribution is 2.41. The molecule has 4 nitrogen and oxygen atoms in total. The van der Waals surface area contributed by atoms with E-state index in [1.54, 1.807) is 0 Å². The zero-order valence-electron chi connectivity index (χ0n) is 5.27. The Morgan fingerprint density at radius 2 is 2.10 bits per heavy atom. The lowest BCUT2D eigenvalue weighted by Crippen LogP contribution is -2.39. The van der Waals surface area contributed by atoms with E-state index in [0.29, 0.717) is 6.61 Å². The van der Waals surface area contributed by atoms with E-state index >= 15 is 0 Å². The minimum absolute atomic E-state index is 0.00810. The van der Waals surface area contributed by atoms with Crippen molar-refractivity contribution in [3.63, 3.8) is 0 Å². The fraction of sp³-hybridized carbons (Fsp3) is 1.00. The number of fused-ring (bicyclic) bond motifs is 4. The third-order valence-corrected chi connectivity index (χ3v) is 2.28. The molecule has 2 bridgehead atoms.